The molecule has 1 N–H and O–H groups in total. The molecule has 1 heterocycles. The van der Waals surface area contributed by atoms with Gasteiger partial charge in [0.25, 0.3) is 0 Å². The minimum absolute atomic E-state index is 0.755. The summed E-state index contributed by atoms with van der Waals surface area (Å²) in [7, 11) is 0. The van der Waals surface area contributed by atoms with E-state index in [1.54, 1.807) is 0 Å². The van der Waals surface area contributed by atoms with Gasteiger partial charge in [-0.15, -0.1) is 0 Å². The highest BCUT2D eigenvalue weighted by molar-refractivity contribution is 5.00. The third kappa shape index (κ3) is 2.86. The Labute approximate surface area is 100 Å². The predicted octanol–water partition coefficient (Wildman–Crippen LogP) is 2.42. The molecule has 0 aromatic rings. The quantitative estimate of drug-likeness (QED) is 0.735. The van der Waals surface area contributed by atoms with Gasteiger partial charge in [0.2, 0.25) is 0 Å². The molecular formula is C14H26N2. The van der Waals surface area contributed by atoms with Crippen LogP contribution >= 0.6 is 0 Å². The Morgan fingerprint density at radius 2 is 2.06 bits per heavy atom. The molecule has 1 aliphatic heterocycles. The lowest BCUT2D eigenvalue weighted by molar-refractivity contribution is 0.108. The van der Waals surface area contributed by atoms with Gasteiger partial charge in [-0.25, -0.2) is 0 Å². The molecule has 1 saturated heterocycles. The number of rotatable bonds is 4. The molecular weight excluding hydrogens is 196 g/mol. The fourth-order valence-corrected chi connectivity index (χ4v) is 3.04. The van der Waals surface area contributed by atoms with Gasteiger partial charge in [0.1, 0.15) is 0 Å². The zero-order chi connectivity index (χ0) is 11.4. The minimum atomic E-state index is 0.755. The topological polar surface area (TPSA) is 15.3 Å². The smallest absolute Gasteiger partial charge is 0.0164 e. The lowest BCUT2D eigenvalue weighted by Crippen LogP contribution is -2.51. The van der Waals surface area contributed by atoms with E-state index in [1.165, 1.54) is 45.3 Å². The first-order valence-electron chi connectivity index (χ1n) is 6.93. The zero-order valence-electron chi connectivity index (χ0n) is 10.8. The van der Waals surface area contributed by atoms with Crippen LogP contribution in [0.4, 0.5) is 0 Å². The Kier molecular flexibility index (Phi) is 4.42. The molecule has 2 aliphatic rings. The van der Waals surface area contributed by atoms with Crippen LogP contribution in [0.15, 0.2) is 12.2 Å². The summed E-state index contributed by atoms with van der Waals surface area (Å²) in [6, 6.07) is 1.57. The van der Waals surface area contributed by atoms with E-state index in [0.29, 0.717) is 0 Å². The summed E-state index contributed by atoms with van der Waals surface area (Å²) in [6.45, 7) is 8.41. The van der Waals surface area contributed by atoms with E-state index in [1.807, 2.05) is 0 Å². The van der Waals surface area contributed by atoms with Crippen LogP contribution in [0, 0.1) is 5.92 Å². The second kappa shape index (κ2) is 5.83. The van der Waals surface area contributed by atoms with Crippen LogP contribution in [-0.4, -0.2) is 36.6 Å². The Morgan fingerprint density at radius 1 is 1.31 bits per heavy atom. The summed E-state index contributed by atoms with van der Waals surface area (Å²) < 4.78 is 0. The average Bonchev–Trinajstić information content (AvgIpc) is 2.81. The first-order valence-corrected chi connectivity index (χ1v) is 6.93. The third-order valence-electron chi connectivity index (χ3n) is 4.09. The lowest BCUT2D eigenvalue weighted by atomic mass is 9.92. The van der Waals surface area contributed by atoms with E-state index in [2.05, 4.69) is 36.2 Å². The molecule has 92 valence electrons. The van der Waals surface area contributed by atoms with E-state index in [0.717, 1.165) is 18.0 Å². The fraction of sp³-hybridized carbons (Fsp3) is 0.857. The van der Waals surface area contributed by atoms with Crippen molar-refractivity contribution in [3.63, 3.8) is 0 Å². The second-order valence-electron chi connectivity index (χ2n) is 5.42. The summed E-state index contributed by atoms with van der Waals surface area (Å²) in [5, 5.41) is 3.69. The molecule has 0 radical (unpaired) electrons. The van der Waals surface area contributed by atoms with Crippen molar-refractivity contribution in [2.24, 2.45) is 5.92 Å². The van der Waals surface area contributed by atoms with Gasteiger partial charge >= 0.3 is 0 Å². The van der Waals surface area contributed by atoms with Crippen LogP contribution in [0.5, 0.6) is 0 Å². The highest BCUT2D eigenvalue weighted by atomic mass is 15.2. The van der Waals surface area contributed by atoms with E-state index in [9.17, 15) is 0 Å². The molecule has 16 heavy (non-hydrogen) atoms. The van der Waals surface area contributed by atoms with Crippen molar-refractivity contribution in [2.45, 2.75) is 51.6 Å². The maximum Gasteiger partial charge on any atom is 0.0164 e. The van der Waals surface area contributed by atoms with E-state index in [4.69, 9.17) is 0 Å². The summed E-state index contributed by atoms with van der Waals surface area (Å²) in [6.07, 6.45) is 9.82. The molecule has 2 heteroatoms. The van der Waals surface area contributed by atoms with Gasteiger partial charge in [0.05, 0.1) is 0 Å². The Bertz CT molecular complexity index is 229. The summed E-state index contributed by atoms with van der Waals surface area (Å²) in [5.74, 6) is 0.806. The molecule has 2 unspecified atom stereocenters. The first-order chi connectivity index (χ1) is 7.81. The molecule has 1 aliphatic carbocycles. The number of nitrogens with one attached hydrogen (secondary N) is 1. The normalized spacial score (nSPS) is 32.4. The van der Waals surface area contributed by atoms with Crippen molar-refractivity contribution < 1.29 is 0 Å². The number of piperidine rings is 1. The standard InChI is InChI=1S/C14H26N2/c1-3-9-15-14-8-10-16(11-12(14)2)13-6-4-5-7-13/h4-5,12-15H,3,6-11H2,1-2H3. The molecule has 0 aromatic carbocycles. The highest BCUT2D eigenvalue weighted by Crippen LogP contribution is 2.24. The summed E-state index contributed by atoms with van der Waals surface area (Å²) in [4.78, 5) is 2.70. The average molecular weight is 222 g/mol. The van der Waals surface area contributed by atoms with Crippen molar-refractivity contribution >= 4 is 0 Å². The Balaban J connectivity index is 1.77. The summed E-state index contributed by atoms with van der Waals surface area (Å²) >= 11 is 0. The van der Waals surface area contributed by atoms with Gasteiger partial charge in [0, 0.05) is 18.6 Å². The van der Waals surface area contributed by atoms with Crippen LogP contribution < -0.4 is 5.32 Å². The van der Waals surface area contributed by atoms with Crippen LogP contribution in [0.3, 0.4) is 0 Å². The van der Waals surface area contributed by atoms with Crippen LogP contribution in [-0.2, 0) is 0 Å². The van der Waals surface area contributed by atoms with Gasteiger partial charge in [-0.1, -0.05) is 26.0 Å². The molecule has 0 spiro atoms. The van der Waals surface area contributed by atoms with Crippen LogP contribution in [0.1, 0.15) is 39.5 Å². The molecule has 1 fully saturated rings. The van der Waals surface area contributed by atoms with E-state index < -0.39 is 0 Å². The fourth-order valence-electron chi connectivity index (χ4n) is 3.04. The van der Waals surface area contributed by atoms with E-state index >= 15 is 0 Å². The van der Waals surface area contributed by atoms with E-state index in [-0.39, 0.29) is 0 Å². The van der Waals surface area contributed by atoms with Gasteiger partial charge in [-0.05, 0) is 44.7 Å². The molecule has 0 bridgehead atoms. The van der Waals surface area contributed by atoms with Crippen molar-refractivity contribution in [1.82, 2.24) is 10.2 Å². The number of hydrogen-bond acceptors (Lipinski definition) is 2. The largest absolute Gasteiger partial charge is 0.314 e. The first kappa shape index (κ1) is 12.1. The van der Waals surface area contributed by atoms with Crippen molar-refractivity contribution in [1.29, 1.82) is 0 Å². The Morgan fingerprint density at radius 3 is 2.69 bits per heavy atom. The SMILES string of the molecule is CCCNC1CCN(C2CC=CC2)CC1C. The van der Waals surface area contributed by atoms with Crippen LogP contribution in [0.2, 0.25) is 0 Å². The number of hydrogen-bond donors (Lipinski definition) is 1. The van der Waals surface area contributed by atoms with Crippen molar-refractivity contribution in [2.75, 3.05) is 19.6 Å². The highest BCUT2D eigenvalue weighted by Gasteiger charge is 2.29. The number of nitrogens with zero attached hydrogens (tertiary/aromatic N) is 1. The molecule has 2 atom stereocenters. The van der Waals surface area contributed by atoms with Crippen LogP contribution in [0.25, 0.3) is 0 Å². The molecule has 2 nitrogen and oxygen atoms in total. The van der Waals surface area contributed by atoms with Crippen molar-refractivity contribution in [3.05, 3.63) is 12.2 Å². The summed E-state index contributed by atoms with van der Waals surface area (Å²) in [5.41, 5.74) is 0. The monoisotopic (exact) mass is 222 g/mol. The van der Waals surface area contributed by atoms with Gasteiger partial charge in [0.15, 0.2) is 0 Å². The molecule has 0 aromatic heterocycles. The zero-order valence-corrected chi connectivity index (χ0v) is 10.8. The second-order valence-corrected chi connectivity index (χ2v) is 5.42. The van der Waals surface area contributed by atoms with Gasteiger partial charge in [-0.3, -0.25) is 4.90 Å². The maximum absolute atomic E-state index is 3.69. The molecule has 0 amide bonds. The maximum atomic E-state index is 3.69. The Hall–Kier alpha value is -0.340. The number of likely N-dealkylation sites (tertiary alicyclic amines) is 1. The van der Waals surface area contributed by atoms with Gasteiger partial charge < -0.3 is 5.32 Å². The predicted molar refractivity (Wildman–Crippen MR) is 69.6 cm³/mol. The van der Waals surface area contributed by atoms with Crippen molar-refractivity contribution in [3.8, 4) is 0 Å². The molecule has 0 saturated carbocycles. The lowest BCUT2D eigenvalue weighted by Gasteiger charge is -2.40. The minimum Gasteiger partial charge on any atom is -0.314 e. The van der Waals surface area contributed by atoms with Gasteiger partial charge in [-0.2, -0.15) is 0 Å². The molecule has 2 rings (SSSR count). The third-order valence-corrected chi connectivity index (χ3v) is 4.09.